The molecule has 0 aliphatic heterocycles. The van der Waals surface area contributed by atoms with Crippen molar-refractivity contribution in [2.75, 3.05) is 21.3 Å². The molecule has 1 fully saturated rings. The van der Waals surface area contributed by atoms with Gasteiger partial charge in [0.15, 0.2) is 11.5 Å². The lowest BCUT2D eigenvalue weighted by Gasteiger charge is -2.21. The summed E-state index contributed by atoms with van der Waals surface area (Å²) in [7, 11) is 4.78. The van der Waals surface area contributed by atoms with Gasteiger partial charge in [-0.3, -0.25) is 9.69 Å². The van der Waals surface area contributed by atoms with Crippen molar-refractivity contribution in [3.8, 4) is 17.2 Å². The van der Waals surface area contributed by atoms with Crippen molar-refractivity contribution in [2.24, 2.45) is 0 Å². The van der Waals surface area contributed by atoms with Crippen molar-refractivity contribution in [2.45, 2.75) is 32.0 Å². The first-order valence-corrected chi connectivity index (χ1v) is 9.63. The van der Waals surface area contributed by atoms with E-state index in [0.29, 0.717) is 40.8 Å². The summed E-state index contributed by atoms with van der Waals surface area (Å²) in [5.74, 6) is 2.56. The van der Waals surface area contributed by atoms with Gasteiger partial charge in [0.05, 0.1) is 38.8 Å². The molecule has 0 saturated heterocycles. The van der Waals surface area contributed by atoms with Crippen molar-refractivity contribution >= 4 is 10.9 Å². The van der Waals surface area contributed by atoms with Crippen LogP contribution >= 0.6 is 0 Å². The third-order valence-corrected chi connectivity index (χ3v) is 5.22. The highest BCUT2D eigenvalue weighted by molar-refractivity contribution is 5.81. The average molecular weight is 395 g/mol. The van der Waals surface area contributed by atoms with Crippen molar-refractivity contribution in [1.29, 1.82) is 0 Å². The molecule has 0 bridgehead atoms. The van der Waals surface area contributed by atoms with Gasteiger partial charge in [0.1, 0.15) is 11.6 Å². The lowest BCUT2D eigenvalue weighted by molar-refractivity contribution is 0.239. The highest BCUT2D eigenvalue weighted by Crippen LogP contribution is 2.31. The average Bonchev–Trinajstić information content (AvgIpc) is 3.58. The van der Waals surface area contributed by atoms with Gasteiger partial charge in [0, 0.05) is 18.7 Å². The Balaban J connectivity index is 1.61. The number of rotatable bonds is 8. The lowest BCUT2D eigenvalue weighted by Crippen LogP contribution is -2.27. The number of aromatic amines is 1. The zero-order chi connectivity index (χ0) is 20.4. The first-order chi connectivity index (χ1) is 14.1. The molecular formula is C22H25N3O4. The topological polar surface area (TPSA) is 76.7 Å². The third-order valence-electron chi connectivity index (χ3n) is 5.22. The summed E-state index contributed by atoms with van der Waals surface area (Å²) in [6, 6.07) is 12.0. The molecule has 7 nitrogen and oxygen atoms in total. The zero-order valence-electron chi connectivity index (χ0n) is 16.9. The van der Waals surface area contributed by atoms with E-state index in [9.17, 15) is 4.79 Å². The van der Waals surface area contributed by atoms with E-state index >= 15 is 0 Å². The number of methoxy groups -OCH3 is 3. The van der Waals surface area contributed by atoms with Crippen molar-refractivity contribution in [1.82, 2.24) is 14.9 Å². The van der Waals surface area contributed by atoms with E-state index in [4.69, 9.17) is 14.2 Å². The molecular weight excluding hydrogens is 370 g/mol. The molecule has 152 valence electrons. The Morgan fingerprint density at radius 1 is 1.00 bits per heavy atom. The Hall–Kier alpha value is -3.06. The van der Waals surface area contributed by atoms with Crippen LogP contribution in [-0.2, 0) is 13.1 Å². The number of aromatic nitrogens is 2. The van der Waals surface area contributed by atoms with Gasteiger partial charge in [-0.05, 0) is 36.6 Å². The maximum absolute atomic E-state index is 12.6. The Kier molecular flexibility index (Phi) is 5.40. The summed E-state index contributed by atoms with van der Waals surface area (Å²) in [5.41, 5.74) is 1.62. The fourth-order valence-corrected chi connectivity index (χ4v) is 3.50. The van der Waals surface area contributed by atoms with Gasteiger partial charge in [-0.1, -0.05) is 12.1 Å². The fraction of sp³-hybridized carbons (Fsp3) is 0.364. The maximum Gasteiger partial charge on any atom is 0.258 e. The van der Waals surface area contributed by atoms with Gasteiger partial charge in [-0.15, -0.1) is 0 Å². The monoisotopic (exact) mass is 395 g/mol. The molecule has 1 aromatic heterocycles. The second kappa shape index (κ2) is 8.13. The van der Waals surface area contributed by atoms with Gasteiger partial charge in [0.25, 0.3) is 5.56 Å². The normalized spacial score (nSPS) is 13.7. The van der Waals surface area contributed by atoms with Crippen molar-refractivity contribution in [3.05, 3.63) is 58.1 Å². The second-order valence-corrected chi connectivity index (χ2v) is 7.22. The number of nitrogens with zero attached hydrogens (tertiary/aromatic N) is 2. The fourth-order valence-electron chi connectivity index (χ4n) is 3.50. The Bertz CT molecular complexity index is 1060. The first kappa shape index (κ1) is 19.3. The Morgan fingerprint density at radius 2 is 1.69 bits per heavy atom. The van der Waals surface area contributed by atoms with Crippen LogP contribution in [0.3, 0.4) is 0 Å². The quantitative estimate of drug-likeness (QED) is 0.632. The molecule has 1 aliphatic rings. The van der Waals surface area contributed by atoms with Crippen LogP contribution in [0.15, 0.2) is 41.2 Å². The second-order valence-electron chi connectivity index (χ2n) is 7.22. The standard InChI is InChI=1S/C22H25N3O4/c1-27-16-8-4-14(5-9-16)12-25(15-6-7-15)13-21-23-18-11-20(29-3)19(28-2)10-17(18)22(26)24-21/h4-5,8-11,15H,6-7,12-13H2,1-3H3,(H,23,24,26). The van der Waals surface area contributed by atoms with Gasteiger partial charge in [-0.25, -0.2) is 4.98 Å². The molecule has 1 aliphatic carbocycles. The van der Waals surface area contributed by atoms with E-state index < -0.39 is 0 Å². The molecule has 0 spiro atoms. The molecule has 0 amide bonds. The van der Waals surface area contributed by atoms with Crippen LogP contribution in [0, 0.1) is 0 Å². The molecule has 0 unspecified atom stereocenters. The van der Waals surface area contributed by atoms with Gasteiger partial charge in [0.2, 0.25) is 0 Å². The number of nitrogens with one attached hydrogen (secondary N) is 1. The van der Waals surface area contributed by atoms with E-state index in [-0.39, 0.29) is 5.56 Å². The Labute approximate surface area is 169 Å². The van der Waals surface area contributed by atoms with Crippen LogP contribution in [0.2, 0.25) is 0 Å². The van der Waals surface area contributed by atoms with Crippen LogP contribution in [0.4, 0.5) is 0 Å². The summed E-state index contributed by atoms with van der Waals surface area (Å²) >= 11 is 0. The summed E-state index contributed by atoms with van der Waals surface area (Å²) in [6.45, 7) is 1.37. The van der Waals surface area contributed by atoms with Crippen LogP contribution in [0.25, 0.3) is 10.9 Å². The minimum Gasteiger partial charge on any atom is -0.497 e. The predicted octanol–water partition coefficient (Wildman–Crippen LogP) is 3.11. The molecule has 1 saturated carbocycles. The molecule has 2 aromatic carbocycles. The van der Waals surface area contributed by atoms with Crippen molar-refractivity contribution < 1.29 is 14.2 Å². The SMILES string of the molecule is COc1ccc(CN(Cc2nc3cc(OC)c(OC)cc3c(=O)[nH]2)C2CC2)cc1. The molecule has 3 aromatic rings. The molecule has 1 heterocycles. The third kappa shape index (κ3) is 4.19. The summed E-state index contributed by atoms with van der Waals surface area (Å²) < 4.78 is 15.9. The highest BCUT2D eigenvalue weighted by Gasteiger charge is 2.29. The van der Waals surface area contributed by atoms with Crippen LogP contribution < -0.4 is 19.8 Å². The number of ether oxygens (including phenoxy) is 3. The molecule has 0 radical (unpaired) electrons. The van der Waals surface area contributed by atoms with E-state index in [0.717, 1.165) is 12.3 Å². The summed E-state index contributed by atoms with van der Waals surface area (Å²) in [5, 5.41) is 0.486. The maximum atomic E-state index is 12.6. The van der Waals surface area contributed by atoms with Crippen LogP contribution in [-0.4, -0.2) is 42.2 Å². The minimum absolute atomic E-state index is 0.175. The van der Waals surface area contributed by atoms with E-state index in [2.05, 4.69) is 27.0 Å². The highest BCUT2D eigenvalue weighted by atomic mass is 16.5. The number of hydrogen-bond acceptors (Lipinski definition) is 6. The van der Waals surface area contributed by atoms with Crippen LogP contribution in [0.1, 0.15) is 24.2 Å². The molecule has 4 rings (SSSR count). The van der Waals surface area contributed by atoms with Crippen molar-refractivity contribution in [3.63, 3.8) is 0 Å². The van der Waals surface area contributed by atoms with Gasteiger partial charge in [-0.2, -0.15) is 0 Å². The van der Waals surface area contributed by atoms with E-state index in [1.807, 2.05) is 12.1 Å². The number of H-pyrrole nitrogens is 1. The van der Waals surface area contributed by atoms with Crippen LogP contribution in [0.5, 0.6) is 17.2 Å². The van der Waals surface area contributed by atoms with Gasteiger partial charge < -0.3 is 19.2 Å². The zero-order valence-corrected chi connectivity index (χ0v) is 16.9. The number of fused-ring (bicyclic) bond motifs is 1. The summed E-state index contributed by atoms with van der Waals surface area (Å²) in [4.78, 5) is 22.6. The number of benzene rings is 2. The lowest BCUT2D eigenvalue weighted by atomic mass is 10.2. The molecule has 0 atom stereocenters. The minimum atomic E-state index is -0.175. The molecule has 7 heteroatoms. The van der Waals surface area contributed by atoms with Gasteiger partial charge >= 0.3 is 0 Å². The summed E-state index contributed by atoms with van der Waals surface area (Å²) in [6.07, 6.45) is 2.33. The first-order valence-electron chi connectivity index (χ1n) is 9.63. The number of hydrogen-bond donors (Lipinski definition) is 1. The van der Waals surface area contributed by atoms with E-state index in [1.165, 1.54) is 18.4 Å². The van der Waals surface area contributed by atoms with E-state index in [1.54, 1.807) is 33.5 Å². The predicted molar refractivity (Wildman–Crippen MR) is 111 cm³/mol. The molecule has 1 N–H and O–H groups in total. The smallest absolute Gasteiger partial charge is 0.258 e. The molecule has 29 heavy (non-hydrogen) atoms. The largest absolute Gasteiger partial charge is 0.497 e. The Morgan fingerprint density at radius 3 is 2.31 bits per heavy atom.